The van der Waals surface area contributed by atoms with E-state index in [9.17, 15) is 28.8 Å². The van der Waals surface area contributed by atoms with Gasteiger partial charge in [-0.15, -0.1) is 6.58 Å². The van der Waals surface area contributed by atoms with Crippen LogP contribution >= 0.6 is 0 Å². The fourth-order valence-electron chi connectivity index (χ4n) is 7.21. The molecule has 0 aromatic heterocycles. The summed E-state index contributed by atoms with van der Waals surface area (Å²) in [5, 5.41) is 5.56. The van der Waals surface area contributed by atoms with E-state index in [2.05, 4.69) is 31.1 Å². The molecule has 2 N–H and O–H groups in total. The number of hydrogen-bond acceptors (Lipinski definition) is 8. The zero-order valence-corrected chi connectivity index (χ0v) is 32.2. The van der Waals surface area contributed by atoms with Crippen LogP contribution in [-0.2, 0) is 35.3 Å². The van der Waals surface area contributed by atoms with Crippen molar-refractivity contribution in [1.29, 1.82) is 0 Å². The van der Waals surface area contributed by atoms with Gasteiger partial charge in [0.15, 0.2) is 11.6 Å². The van der Waals surface area contributed by atoms with Gasteiger partial charge < -0.3 is 25.0 Å². The molecule has 1 saturated carbocycles. The standard InChI is InChI=1S/C40H59N3O8/c1-12-14-16-28(44)32(46)25(15-13-2)21-29(45)31-30-27(40(30,9)10)22-43(31)35(47)33(38(3,4)5)41-37(49)42-34(39(6,7)8)36(48)51-23-24-17-19-26(50-11)20-18-24/h12,17-20,25,27,30-31,33-34H,1,13-16,21-23H2,2-11H3,(H2,41,42,49)/t25?,27-,30-,31+,33+,34+/m0/s1. The van der Waals surface area contributed by atoms with Gasteiger partial charge in [-0.05, 0) is 58.6 Å². The fraction of sp³-hybridized carbons (Fsp3) is 0.650. The first-order valence-corrected chi connectivity index (χ1v) is 18.1. The maximum atomic E-state index is 14.4. The minimum absolute atomic E-state index is 0.00143. The van der Waals surface area contributed by atoms with Crippen molar-refractivity contribution in [3.8, 4) is 5.75 Å². The number of piperidine rings is 1. The minimum Gasteiger partial charge on any atom is -0.497 e. The van der Waals surface area contributed by atoms with E-state index in [0.717, 1.165) is 5.56 Å². The van der Waals surface area contributed by atoms with Crippen molar-refractivity contribution in [2.24, 2.45) is 34.0 Å². The number of ether oxygens (including phenoxy) is 2. The lowest BCUT2D eigenvalue weighted by molar-refractivity contribution is -0.150. The molecular formula is C40H59N3O8. The summed E-state index contributed by atoms with van der Waals surface area (Å²) in [7, 11) is 1.56. The number of nitrogens with zero attached hydrogens (tertiary/aromatic N) is 1. The molecule has 0 radical (unpaired) electrons. The highest BCUT2D eigenvalue weighted by Crippen LogP contribution is 2.65. The second-order valence-corrected chi connectivity index (χ2v) is 16.8. The second-order valence-electron chi connectivity index (χ2n) is 16.8. The van der Waals surface area contributed by atoms with Crippen LogP contribution in [0.1, 0.15) is 100.0 Å². The predicted octanol–water partition coefficient (Wildman–Crippen LogP) is 5.83. The quantitative estimate of drug-likeness (QED) is 0.117. The summed E-state index contributed by atoms with van der Waals surface area (Å²) in [5.74, 6) is -2.41. The molecule has 6 atom stereocenters. The summed E-state index contributed by atoms with van der Waals surface area (Å²) in [6.45, 7) is 20.9. The molecule has 51 heavy (non-hydrogen) atoms. The maximum Gasteiger partial charge on any atom is 0.329 e. The van der Waals surface area contributed by atoms with Crippen molar-refractivity contribution in [2.45, 2.75) is 119 Å². The highest BCUT2D eigenvalue weighted by molar-refractivity contribution is 6.38. The Hall–Kier alpha value is -4.02. The van der Waals surface area contributed by atoms with Gasteiger partial charge in [-0.25, -0.2) is 9.59 Å². The van der Waals surface area contributed by atoms with Gasteiger partial charge in [-0.3, -0.25) is 19.2 Å². The lowest BCUT2D eigenvalue weighted by atomic mass is 9.83. The number of carbonyl (C=O) groups excluding carboxylic acids is 6. The molecule has 1 aliphatic carbocycles. The van der Waals surface area contributed by atoms with Crippen LogP contribution in [0.2, 0.25) is 0 Å². The molecule has 1 heterocycles. The highest BCUT2D eigenvalue weighted by atomic mass is 16.5. The summed E-state index contributed by atoms with van der Waals surface area (Å²) < 4.78 is 10.8. The maximum absolute atomic E-state index is 14.4. The number of nitrogens with one attached hydrogen (secondary N) is 2. The summed E-state index contributed by atoms with van der Waals surface area (Å²) in [6, 6.07) is 3.51. The Morgan fingerprint density at radius 1 is 0.980 bits per heavy atom. The first kappa shape index (κ1) is 41.4. The summed E-state index contributed by atoms with van der Waals surface area (Å²) >= 11 is 0. The number of ketones is 3. The van der Waals surface area contributed by atoms with E-state index in [1.165, 1.54) is 0 Å². The number of amides is 3. The SMILES string of the molecule is C=CCCC(=O)C(=O)C(CCC)CC(=O)[C@@H]1[C@@H]2[C@H](CN1C(=O)[C@@H](NC(=O)N[C@H](C(=O)OCc1ccc(OC)cc1)C(C)(C)C)C(C)(C)C)C2(C)C. The van der Waals surface area contributed by atoms with E-state index in [4.69, 9.17) is 9.47 Å². The van der Waals surface area contributed by atoms with Crippen LogP contribution in [0.5, 0.6) is 5.75 Å². The van der Waals surface area contributed by atoms with Gasteiger partial charge in [0.25, 0.3) is 0 Å². The molecule has 0 spiro atoms. The Labute approximate surface area is 303 Å². The van der Waals surface area contributed by atoms with Crippen LogP contribution in [0.25, 0.3) is 0 Å². The van der Waals surface area contributed by atoms with Crippen LogP contribution in [0, 0.1) is 34.0 Å². The van der Waals surface area contributed by atoms with Gasteiger partial charge in [0.05, 0.1) is 13.2 Å². The number of esters is 1. The molecular weight excluding hydrogens is 650 g/mol. The molecule has 2 fully saturated rings. The number of hydrogen-bond donors (Lipinski definition) is 2. The zero-order chi connectivity index (χ0) is 38.5. The molecule has 1 aliphatic heterocycles. The fourth-order valence-corrected chi connectivity index (χ4v) is 7.21. The predicted molar refractivity (Wildman–Crippen MR) is 195 cm³/mol. The van der Waals surface area contributed by atoms with Crippen molar-refractivity contribution in [3.63, 3.8) is 0 Å². The third-order valence-corrected chi connectivity index (χ3v) is 10.4. The number of urea groups is 1. The summed E-state index contributed by atoms with van der Waals surface area (Å²) in [5.41, 5.74) is -0.918. The number of methoxy groups -OCH3 is 1. The number of carbonyl (C=O) groups is 6. The number of Topliss-reactive ketones (excluding diaryl/α,β-unsaturated/α-hetero) is 3. The number of fused-ring (bicyclic) bond motifs is 1. The van der Waals surface area contributed by atoms with E-state index in [1.54, 1.807) is 63.1 Å². The van der Waals surface area contributed by atoms with Crippen molar-refractivity contribution in [2.75, 3.05) is 13.7 Å². The van der Waals surface area contributed by atoms with Crippen LogP contribution in [0.15, 0.2) is 36.9 Å². The van der Waals surface area contributed by atoms with E-state index >= 15 is 0 Å². The van der Waals surface area contributed by atoms with Gasteiger partial charge in [0, 0.05) is 25.3 Å². The molecule has 3 rings (SSSR count). The van der Waals surface area contributed by atoms with Gasteiger partial charge in [0.2, 0.25) is 11.7 Å². The third-order valence-electron chi connectivity index (χ3n) is 10.4. The largest absolute Gasteiger partial charge is 0.497 e. The van der Waals surface area contributed by atoms with E-state index < -0.39 is 64.3 Å². The van der Waals surface area contributed by atoms with Crippen molar-refractivity contribution < 1.29 is 38.2 Å². The summed E-state index contributed by atoms with van der Waals surface area (Å²) in [6.07, 6.45) is 2.92. The smallest absolute Gasteiger partial charge is 0.329 e. The Morgan fingerprint density at radius 3 is 2.10 bits per heavy atom. The van der Waals surface area contributed by atoms with E-state index in [-0.39, 0.29) is 42.5 Å². The number of allylic oxidation sites excluding steroid dienone is 1. The average Bonchev–Trinajstić information content (AvgIpc) is 3.36. The Balaban J connectivity index is 1.79. The van der Waals surface area contributed by atoms with E-state index in [0.29, 0.717) is 31.6 Å². The van der Waals surface area contributed by atoms with Crippen molar-refractivity contribution in [1.82, 2.24) is 15.5 Å². The van der Waals surface area contributed by atoms with Crippen LogP contribution in [0.3, 0.4) is 0 Å². The molecule has 1 unspecified atom stereocenters. The van der Waals surface area contributed by atoms with E-state index in [1.807, 2.05) is 27.7 Å². The Kier molecular flexibility index (Phi) is 13.4. The summed E-state index contributed by atoms with van der Waals surface area (Å²) in [4.78, 5) is 82.7. The molecule has 2 aliphatic rings. The second kappa shape index (κ2) is 16.5. The molecule has 1 aromatic rings. The normalized spacial score (nSPS) is 21.0. The molecule has 282 valence electrons. The van der Waals surface area contributed by atoms with Gasteiger partial charge >= 0.3 is 12.0 Å². The Bertz CT molecular complexity index is 1470. The monoisotopic (exact) mass is 709 g/mol. The molecule has 3 amide bonds. The van der Waals surface area contributed by atoms with Gasteiger partial charge in [-0.2, -0.15) is 0 Å². The lowest BCUT2D eigenvalue weighted by Gasteiger charge is -2.38. The zero-order valence-electron chi connectivity index (χ0n) is 32.2. The Morgan fingerprint density at radius 2 is 1.57 bits per heavy atom. The topological polar surface area (TPSA) is 148 Å². The first-order valence-electron chi connectivity index (χ1n) is 18.1. The average molecular weight is 710 g/mol. The first-order chi connectivity index (χ1) is 23.7. The van der Waals surface area contributed by atoms with Crippen LogP contribution in [-0.4, -0.2) is 71.9 Å². The lowest BCUT2D eigenvalue weighted by Crippen LogP contribution is -2.61. The number of likely N-dealkylation sites (tertiary alicyclic amines) is 1. The van der Waals surface area contributed by atoms with Gasteiger partial charge in [0.1, 0.15) is 24.4 Å². The van der Waals surface area contributed by atoms with Crippen molar-refractivity contribution in [3.05, 3.63) is 42.5 Å². The molecule has 1 saturated heterocycles. The van der Waals surface area contributed by atoms with Gasteiger partial charge in [-0.1, -0.05) is 86.9 Å². The van der Waals surface area contributed by atoms with Crippen LogP contribution < -0.4 is 15.4 Å². The molecule has 0 bridgehead atoms. The molecule has 1 aromatic carbocycles. The van der Waals surface area contributed by atoms with Crippen LogP contribution in [0.4, 0.5) is 4.79 Å². The molecule has 11 nitrogen and oxygen atoms in total. The number of rotatable bonds is 17. The van der Waals surface area contributed by atoms with Crippen molar-refractivity contribution >= 4 is 35.3 Å². The highest BCUT2D eigenvalue weighted by Gasteiger charge is 2.69. The third kappa shape index (κ3) is 10.1. The minimum atomic E-state index is -1.04. The number of benzene rings is 1. The molecule has 11 heteroatoms.